The summed E-state index contributed by atoms with van der Waals surface area (Å²) in [5.74, 6) is 1.86. The van der Waals surface area contributed by atoms with Crippen molar-refractivity contribution in [2.24, 2.45) is 0 Å². The van der Waals surface area contributed by atoms with E-state index >= 15 is 0 Å². The van der Waals surface area contributed by atoms with Gasteiger partial charge in [0.15, 0.2) is 0 Å². The van der Waals surface area contributed by atoms with E-state index in [9.17, 15) is 9.59 Å². The molecule has 6 heteroatoms. The van der Waals surface area contributed by atoms with Crippen LogP contribution in [0, 0.1) is 6.92 Å². The monoisotopic (exact) mass is 330 g/mol. The van der Waals surface area contributed by atoms with Gasteiger partial charge in [0, 0.05) is 30.7 Å². The van der Waals surface area contributed by atoms with Crippen molar-refractivity contribution >= 4 is 33.6 Å². The van der Waals surface area contributed by atoms with Crippen LogP contribution in [0.3, 0.4) is 0 Å². The number of rotatable bonds is 1. The number of carbonyl (C=O) groups is 1. The number of halogens is 1. The van der Waals surface area contributed by atoms with E-state index in [2.05, 4.69) is 20.9 Å². The zero-order valence-electron chi connectivity index (χ0n) is 10.2. The summed E-state index contributed by atoms with van der Waals surface area (Å²) in [7, 11) is 0. The first-order valence-electron chi connectivity index (χ1n) is 5.86. The minimum atomic E-state index is -0.229. The van der Waals surface area contributed by atoms with Crippen LogP contribution < -0.4 is 5.43 Å². The summed E-state index contributed by atoms with van der Waals surface area (Å²) in [5.41, 5.74) is 0.732. The Balaban J connectivity index is 2.28. The molecule has 4 nitrogen and oxygen atoms in total. The van der Waals surface area contributed by atoms with Crippen LogP contribution in [0.5, 0.6) is 0 Å². The SMILES string of the molecule is Cc1[nH]cc(C(=O)N2CCCSCC2)c(=O)c1Br. The molecular weight excluding hydrogens is 316 g/mol. The van der Waals surface area contributed by atoms with Gasteiger partial charge in [-0.1, -0.05) is 0 Å². The van der Waals surface area contributed by atoms with Gasteiger partial charge in [-0.3, -0.25) is 9.59 Å². The lowest BCUT2D eigenvalue weighted by molar-refractivity contribution is 0.0766. The zero-order chi connectivity index (χ0) is 13.1. The molecule has 1 aromatic heterocycles. The molecule has 0 atom stereocenters. The molecule has 1 aliphatic heterocycles. The summed E-state index contributed by atoms with van der Waals surface area (Å²) in [6.45, 7) is 3.24. The van der Waals surface area contributed by atoms with E-state index in [4.69, 9.17) is 0 Å². The van der Waals surface area contributed by atoms with Crippen molar-refractivity contribution in [3.05, 3.63) is 32.2 Å². The van der Waals surface area contributed by atoms with E-state index in [0.29, 0.717) is 11.0 Å². The molecular formula is C12H15BrN2O2S. The molecule has 0 radical (unpaired) electrons. The largest absolute Gasteiger partial charge is 0.363 e. The van der Waals surface area contributed by atoms with Gasteiger partial charge in [-0.2, -0.15) is 11.8 Å². The van der Waals surface area contributed by atoms with Crippen LogP contribution in [0.15, 0.2) is 15.5 Å². The number of thioether (sulfide) groups is 1. The van der Waals surface area contributed by atoms with Crippen molar-refractivity contribution < 1.29 is 4.79 Å². The summed E-state index contributed by atoms with van der Waals surface area (Å²) in [4.78, 5) is 29.1. The Bertz CT molecular complexity index is 507. The third-order valence-electron chi connectivity index (χ3n) is 2.95. The minimum Gasteiger partial charge on any atom is -0.363 e. The van der Waals surface area contributed by atoms with Crippen LogP contribution in [-0.4, -0.2) is 40.4 Å². The van der Waals surface area contributed by atoms with Crippen molar-refractivity contribution in [2.75, 3.05) is 24.6 Å². The average Bonchev–Trinajstić information content (AvgIpc) is 2.64. The van der Waals surface area contributed by atoms with Gasteiger partial charge >= 0.3 is 0 Å². The molecule has 1 N–H and O–H groups in total. The van der Waals surface area contributed by atoms with Crippen LogP contribution in [0.1, 0.15) is 22.5 Å². The van der Waals surface area contributed by atoms with Gasteiger partial charge in [-0.15, -0.1) is 0 Å². The summed E-state index contributed by atoms with van der Waals surface area (Å²) in [6, 6.07) is 0. The second-order valence-corrected chi connectivity index (χ2v) is 6.25. The molecule has 1 fully saturated rings. The molecule has 1 aliphatic rings. The Hall–Kier alpha value is -0.750. The third kappa shape index (κ3) is 2.80. The smallest absolute Gasteiger partial charge is 0.259 e. The Labute approximate surface area is 118 Å². The number of H-pyrrole nitrogens is 1. The standard InChI is InChI=1S/C12H15BrN2O2S/c1-8-10(13)11(16)9(7-14-8)12(17)15-3-2-5-18-6-4-15/h7H,2-6H2,1H3,(H,14,16). The summed E-state index contributed by atoms with van der Waals surface area (Å²) in [5, 5.41) is 0. The third-order valence-corrected chi connectivity index (χ3v) is 4.95. The van der Waals surface area contributed by atoms with Crippen molar-refractivity contribution in [1.29, 1.82) is 0 Å². The normalized spacial score (nSPS) is 16.4. The van der Waals surface area contributed by atoms with E-state index in [1.807, 2.05) is 11.8 Å². The maximum Gasteiger partial charge on any atom is 0.259 e. The van der Waals surface area contributed by atoms with E-state index in [1.54, 1.807) is 11.8 Å². The number of pyridine rings is 1. The number of aryl methyl sites for hydroxylation is 1. The lowest BCUT2D eigenvalue weighted by Gasteiger charge is -2.19. The predicted molar refractivity (Wildman–Crippen MR) is 77.3 cm³/mol. The molecule has 1 amide bonds. The fraction of sp³-hybridized carbons (Fsp3) is 0.500. The van der Waals surface area contributed by atoms with Crippen LogP contribution in [0.25, 0.3) is 0 Å². The van der Waals surface area contributed by atoms with Gasteiger partial charge in [0.05, 0.1) is 4.47 Å². The first-order chi connectivity index (χ1) is 8.61. The lowest BCUT2D eigenvalue weighted by atomic mass is 10.2. The number of aromatic amines is 1. The average molecular weight is 331 g/mol. The maximum absolute atomic E-state index is 12.3. The molecule has 98 valence electrons. The first kappa shape index (κ1) is 13.7. The molecule has 0 aromatic carbocycles. The highest BCUT2D eigenvalue weighted by molar-refractivity contribution is 9.10. The number of aromatic nitrogens is 1. The molecule has 0 spiro atoms. The zero-order valence-corrected chi connectivity index (χ0v) is 12.6. The number of amides is 1. The first-order valence-corrected chi connectivity index (χ1v) is 7.81. The molecule has 1 saturated heterocycles. The van der Waals surface area contributed by atoms with Gasteiger partial charge in [0.2, 0.25) is 5.43 Å². The highest BCUT2D eigenvalue weighted by Crippen LogP contribution is 2.14. The minimum absolute atomic E-state index is 0.167. The fourth-order valence-corrected chi connectivity index (χ4v) is 3.09. The highest BCUT2D eigenvalue weighted by atomic mass is 79.9. The van der Waals surface area contributed by atoms with Gasteiger partial charge in [0.1, 0.15) is 5.56 Å². The lowest BCUT2D eigenvalue weighted by Crippen LogP contribution is -2.36. The van der Waals surface area contributed by atoms with E-state index in [-0.39, 0.29) is 16.9 Å². The fourth-order valence-electron chi connectivity index (χ4n) is 1.88. The Morgan fingerprint density at radius 2 is 2.22 bits per heavy atom. The quantitative estimate of drug-likeness (QED) is 0.857. The van der Waals surface area contributed by atoms with Crippen molar-refractivity contribution in [3.63, 3.8) is 0 Å². The molecule has 0 bridgehead atoms. The van der Waals surface area contributed by atoms with Gasteiger partial charge < -0.3 is 9.88 Å². The van der Waals surface area contributed by atoms with Crippen LogP contribution >= 0.6 is 27.7 Å². The number of nitrogens with zero attached hydrogens (tertiary/aromatic N) is 1. The summed E-state index contributed by atoms with van der Waals surface area (Å²) < 4.78 is 0.442. The van der Waals surface area contributed by atoms with E-state index < -0.39 is 0 Å². The number of hydrogen-bond acceptors (Lipinski definition) is 3. The Kier molecular flexibility index (Phi) is 4.50. The Morgan fingerprint density at radius 3 is 3.00 bits per heavy atom. The van der Waals surface area contributed by atoms with Crippen LogP contribution in [-0.2, 0) is 0 Å². The topological polar surface area (TPSA) is 53.2 Å². The molecule has 0 saturated carbocycles. The van der Waals surface area contributed by atoms with Crippen molar-refractivity contribution in [1.82, 2.24) is 9.88 Å². The summed E-state index contributed by atoms with van der Waals surface area (Å²) in [6.07, 6.45) is 2.50. The van der Waals surface area contributed by atoms with Crippen molar-refractivity contribution in [3.8, 4) is 0 Å². The van der Waals surface area contributed by atoms with Gasteiger partial charge in [-0.05, 0) is 35.0 Å². The second kappa shape index (κ2) is 5.93. The van der Waals surface area contributed by atoms with E-state index in [0.717, 1.165) is 30.2 Å². The molecule has 2 heterocycles. The van der Waals surface area contributed by atoms with Crippen molar-refractivity contribution in [2.45, 2.75) is 13.3 Å². The number of nitrogens with one attached hydrogen (secondary N) is 1. The number of hydrogen-bond donors (Lipinski definition) is 1. The molecule has 18 heavy (non-hydrogen) atoms. The van der Waals surface area contributed by atoms with E-state index in [1.165, 1.54) is 6.20 Å². The molecule has 2 rings (SSSR count). The molecule has 0 unspecified atom stereocenters. The molecule has 1 aromatic rings. The van der Waals surface area contributed by atoms with Gasteiger partial charge in [0.25, 0.3) is 5.91 Å². The van der Waals surface area contributed by atoms with Crippen LogP contribution in [0.4, 0.5) is 0 Å². The summed E-state index contributed by atoms with van der Waals surface area (Å²) >= 11 is 5.07. The highest BCUT2D eigenvalue weighted by Gasteiger charge is 2.21. The maximum atomic E-state index is 12.3. The van der Waals surface area contributed by atoms with Crippen LogP contribution in [0.2, 0.25) is 0 Å². The second-order valence-electron chi connectivity index (χ2n) is 4.23. The Morgan fingerprint density at radius 1 is 1.44 bits per heavy atom. The predicted octanol–water partition coefficient (Wildman–Crippen LogP) is 2.02. The van der Waals surface area contributed by atoms with Gasteiger partial charge in [-0.25, -0.2) is 0 Å². The molecule has 0 aliphatic carbocycles. The number of carbonyl (C=O) groups excluding carboxylic acids is 1.